The van der Waals surface area contributed by atoms with Crippen molar-refractivity contribution in [1.82, 2.24) is 10.2 Å². The smallest absolute Gasteiger partial charge is 0.369 e. The lowest BCUT2D eigenvalue weighted by Crippen LogP contribution is -2.03. The molecule has 2 aromatic rings. The lowest BCUT2D eigenvalue weighted by molar-refractivity contribution is 0.0525. The molecular formula is C13H14N2O4S. The number of nitrogens with zero attached hydrogens (tertiary/aromatic N) is 2. The summed E-state index contributed by atoms with van der Waals surface area (Å²) < 4.78 is 15.4. The SMILES string of the molecule is CCOC(=O)c1nnc(OCc2ccc(OC)cc2)s1. The lowest BCUT2D eigenvalue weighted by Gasteiger charge is -2.03. The maximum atomic E-state index is 11.4. The van der Waals surface area contributed by atoms with Gasteiger partial charge in [0.15, 0.2) is 0 Å². The number of carbonyl (C=O) groups is 1. The number of ether oxygens (including phenoxy) is 3. The predicted octanol–water partition coefficient (Wildman–Crippen LogP) is 2.30. The van der Waals surface area contributed by atoms with E-state index in [0.717, 1.165) is 22.6 Å². The van der Waals surface area contributed by atoms with Gasteiger partial charge in [0.25, 0.3) is 5.19 Å². The molecule has 0 saturated carbocycles. The molecule has 0 bridgehead atoms. The normalized spacial score (nSPS) is 10.1. The predicted molar refractivity (Wildman–Crippen MR) is 73.2 cm³/mol. The van der Waals surface area contributed by atoms with Crippen LogP contribution in [-0.4, -0.2) is 29.9 Å². The van der Waals surface area contributed by atoms with E-state index in [0.29, 0.717) is 18.4 Å². The van der Waals surface area contributed by atoms with E-state index in [1.165, 1.54) is 0 Å². The molecule has 2 rings (SSSR count). The highest BCUT2D eigenvalue weighted by Crippen LogP contribution is 2.20. The molecule has 0 fully saturated rings. The molecule has 6 nitrogen and oxygen atoms in total. The molecule has 106 valence electrons. The summed E-state index contributed by atoms with van der Waals surface area (Å²) in [7, 11) is 1.61. The average molecular weight is 294 g/mol. The molecule has 0 saturated heterocycles. The minimum Gasteiger partial charge on any atom is -0.497 e. The number of hydrogen-bond donors (Lipinski definition) is 0. The molecular weight excluding hydrogens is 280 g/mol. The fraction of sp³-hybridized carbons (Fsp3) is 0.308. The van der Waals surface area contributed by atoms with Gasteiger partial charge in [0.05, 0.1) is 13.7 Å². The third-order valence-electron chi connectivity index (χ3n) is 2.38. The Morgan fingerprint density at radius 2 is 2.00 bits per heavy atom. The Hall–Kier alpha value is -2.15. The molecule has 0 spiro atoms. The molecule has 0 N–H and O–H groups in total. The quantitative estimate of drug-likeness (QED) is 0.761. The summed E-state index contributed by atoms with van der Waals surface area (Å²) in [5, 5.41) is 8.04. The Morgan fingerprint density at radius 3 is 2.65 bits per heavy atom. The highest BCUT2D eigenvalue weighted by Gasteiger charge is 2.14. The number of esters is 1. The molecule has 1 aromatic heterocycles. The van der Waals surface area contributed by atoms with E-state index >= 15 is 0 Å². The fourth-order valence-electron chi connectivity index (χ4n) is 1.41. The van der Waals surface area contributed by atoms with Crippen LogP contribution in [0.5, 0.6) is 10.9 Å². The largest absolute Gasteiger partial charge is 0.497 e. The van der Waals surface area contributed by atoms with Crippen molar-refractivity contribution in [2.45, 2.75) is 13.5 Å². The molecule has 20 heavy (non-hydrogen) atoms. The van der Waals surface area contributed by atoms with Gasteiger partial charge in [-0.25, -0.2) is 4.79 Å². The Morgan fingerprint density at radius 1 is 1.25 bits per heavy atom. The van der Waals surface area contributed by atoms with Crippen LogP contribution in [0.4, 0.5) is 0 Å². The zero-order chi connectivity index (χ0) is 14.4. The van der Waals surface area contributed by atoms with Crippen LogP contribution in [0, 0.1) is 0 Å². The van der Waals surface area contributed by atoms with Crippen LogP contribution in [0.1, 0.15) is 22.3 Å². The number of hydrogen-bond acceptors (Lipinski definition) is 7. The third-order valence-corrected chi connectivity index (χ3v) is 3.19. The summed E-state index contributed by atoms with van der Waals surface area (Å²) >= 11 is 1.06. The first-order valence-electron chi connectivity index (χ1n) is 5.99. The summed E-state index contributed by atoms with van der Waals surface area (Å²) in [5.41, 5.74) is 0.971. The van der Waals surface area contributed by atoms with E-state index in [1.807, 2.05) is 24.3 Å². The van der Waals surface area contributed by atoms with Crippen molar-refractivity contribution < 1.29 is 19.0 Å². The molecule has 0 aliphatic rings. The summed E-state index contributed by atoms with van der Waals surface area (Å²) in [6, 6.07) is 7.49. The van der Waals surface area contributed by atoms with Crippen molar-refractivity contribution in [3.8, 4) is 10.9 Å². The average Bonchev–Trinajstić information content (AvgIpc) is 2.95. The lowest BCUT2D eigenvalue weighted by atomic mass is 10.2. The van der Waals surface area contributed by atoms with E-state index in [1.54, 1.807) is 14.0 Å². The first-order valence-corrected chi connectivity index (χ1v) is 6.81. The highest BCUT2D eigenvalue weighted by molar-refractivity contribution is 7.14. The van der Waals surface area contributed by atoms with E-state index in [-0.39, 0.29) is 5.01 Å². The van der Waals surface area contributed by atoms with Gasteiger partial charge in [0.2, 0.25) is 5.01 Å². The summed E-state index contributed by atoms with van der Waals surface area (Å²) in [6.07, 6.45) is 0. The molecule has 0 radical (unpaired) electrons. The summed E-state index contributed by atoms with van der Waals surface area (Å²) in [4.78, 5) is 11.4. The monoisotopic (exact) mass is 294 g/mol. The van der Waals surface area contributed by atoms with Crippen molar-refractivity contribution in [1.29, 1.82) is 0 Å². The Kier molecular flexibility index (Phi) is 4.89. The zero-order valence-electron chi connectivity index (χ0n) is 11.2. The standard InChI is InChI=1S/C13H14N2O4S/c1-3-18-12(16)11-14-15-13(20-11)19-8-9-4-6-10(17-2)7-5-9/h4-7H,3,8H2,1-2H3. The minimum absolute atomic E-state index is 0.191. The molecule has 0 amide bonds. The van der Waals surface area contributed by atoms with Gasteiger partial charge < -0.3 is 14.2 Å². The molecule has 1 heterocycles. The molecule has 1 aromatic carbocycles. The first-order chi connectivity index (χ1) is 9.72. The fourth-order valence-corrected chi connectivity index (χ4v) is 2.00. The third kappa shape index (κ3) is 3.67. The first kappa shape index (κ1) is 14.3. The highest BCUT2D eigenvalue weighted by atomic mass is 32.1. The van der Waals surface area contributed by atoms with Gasteiger partial charge in [-0.3, -0.25) is 0 Å². The van der Waals surface area contributed by atoms with Crippen LogP contribution in [-0.2, 0) is 11.3 Å². The van der Waals surface area contributed by atoms with E-state index in [4.69, 9.17) is 14.2 Å². The number of rotatable bonds is 6. The minimum atomic E-state index is -0.482. The zero-order valence-corrected chi connectivity index (χ0v) is 12.0. The van der Waals surface area contributed by atoms with Crippen LogP contribution in [0.25, 0.3) is 0 Å². The molecule has 0 unspecified atom stereocenters. The van der Waals surface area contributed by atoms with Gasteiger partial charge in [-0.05, 0) is 36.0 Å². The number of benzene rings is 1. The Bertz CT molecular complexity index is 568. The van der Waals surface area contributed by atoms with Crippen molar-refractivity contribution in [2.24, 2.45) is 0 Å². The van der Waals surface area contributed by atoms with Gasteiger partial charge in [-0.1, -0.05) is 17.2 Å². The van der Waals surface area contributed by atoms with E-state index in [9.17, 15) is 4.79 Å². The van der Waals surface area contributed by atoms with E-state index in [2.05, 4.69) is 10.2 Å². The molecule has 0 atom stereocenters. The number of carbonyl (C=O) groups excluding carboxylic acids is 1. The van der Waals surface area contributed by atoms with Crippen LogP contribution in [0.3, 0.4) is 0 Å². The second-order valence-corrected chi connectivity index (χ2v) is 4.67. The van der Waals surface area contributed by atoms with E-state index < -0.39 is 5.97 Å². The number of methoxy groups -OCH3 is 1. The van der Waals surface area contributed by atoms with Gasteiger partial charge in [0, 0.05) is 0 Å². The van der Waals surface area contributed by atoms with Gasteiger partial charge in [-0.15, -0.1) is 5.10 Å². The molecule has 7 heteroatoms. The number of aromatic nitrogens is 2. The van der Waals surface area contributed by atoms with Crippen molar-refractivity contribution in [3.05, 3.63) is 34.8 Å². The second kappa shape index (κ2) is 6.85. The molecule has 0 aliphatic carbocycles. The van der Waals surface area contributed by atoms with Crippen molar-refractivity contribution in [2.75, 3.05) is 13.7 Å². The van der Waals surface area contributed by atoms with Crippen LogP contribution >= 0.6 is 11.3 Å². The summed E-state index contributed by atoms with van der Waals surface area (Å²) in [5.74, 6) is 0.304. The van der Waals surface area contributed by atoms with Crippen LogP contribution < -0.4 is 9.47 Å². The topological polar surface area (TPSA) is 70.5 Å². The van der Waals surface area contributed by atoms with Crippen LogP contribution in [0.2, 0.25) is 0 Å². The molecule has 0 aliphatic heterocycles. The van der Waals surface area contributed by atoms with Gasteiger partial charge >= 0.3 is 5.97 Å². The van der Waals surface area contributed by atoms with Gasteiger partial charge in [-0.2, -0.15) is 0 Å². The maximum Gasteiger partial charge on any atom is 0.369 e. The van der Waals surface area contributed by atoms with Gasteiger partial charge in [0.1, 0.15) is 12.4 Å². The summed E-state index contributed by atoms with van der Waals surface area (Å²) in [6.45, 7) is 2.39. The maximum absolute atomic E-state index is 11.4. The van der Waals surface area contributed by atoms with Crippen LogP contribution in [0.15, 0.2) is 24.3 Å². The van der Waals surface area contributed by atoms with Crippen molar-refractivity contribution >= 4 is 17.3 Å². The Balaban J connectivity index is 1.91. The second-order valence-electron chi connectivity index (χ2n) is 3.73. The van der Waals surface area contributed by atoms with Crippen molar-refractivity contribution in [3.63, 3.8) is 0 Å². The Labute approximate surface area is 120 Å².